The lowest BCUT2D eigenvalue weighted by molar-refractivity contribution is 0.103. The van der Waals surface area contributed by atoms with Crippen molar-refractivity contribution in [1.29, 1.82) is 0 Å². The van der Waals surface area contributed by atoms with Crippen LogP contribution in [0.2, 0.25) is 5.02 Å². The van der Waals surface area contributed by atoms with Crippen LogP contribution in [0.3, 0.4) is 0 Å². The predicted molar refractivity (Wildman–Crippen MR) is 133 cm³/mol. The van der Waals surface area contributed by atoms with Crippen LogP contribution in [0.5, 0.6) is 11.5 Å². The van der Waals surface area contributed by atoms with Gasteiger partial charge in [0.05, 0.1) is 33.6 Å². The number of aromatic nitrogens is 2. The van der Waals surface area contributed by atoms with Gasteiger partial charge in [-0.25, -0.2) is 14.4 Å². The van der Waals surface area contributed by atoms with Crippen molar-refractivity contribution in [3.8, 4) is 23.8 Å². The summed E-state index contributed by atoms with van der Waals surface area (Å²) in [5.74, 6) is 4.02. The van der Waals surface area contributed by atoms with Gasteiger partial charge in [-0.15, -0.1) is 6.42 Å². The maximum Gasteiger partial charge on any atom is 0.145 e. The molecule has 166 valence electrons. The van der Waals surface area contributed by atoms with E-state index in [2.05, 4.69) is 48.7 Å². The van der Waals surface area contributed by atoms with Gasteiger partial charge in [-0.3, -0.25) is 4.90 Å². The first kappa shape index (κ1) is 22.8. The molecule has 1 aromatic heterocycles. The number of halogens is 3. The predicted octanol–water partition coefficient (Wildman–Crippen LogP) is 5.41. The van der Waals surface area contributed by atoms with E-state index in [1.807, 2.05) is 12.1 Å². The second-order valence-corrected chi connectivity index (χ2v) is 9.21. The number of rotatable bonds is 6. The molecule has 1 aliphatic rings. The zero-order valence-corrected chi connectivity index (χ0v) is 20.2. The summed E-state index contributed by atoms with van der Waals surface area (Å²) in [6.45, 7) is 1.49. The molecule has 0 spiro atoms. The van der Waals surface area contributed by atoms with Gasteiger partial charge in [-0.05, 0) is 24.6 Å². The van der Waals surface area contributed by atoms with E-state index in [1.165, 1.54) is 18.5 Å². The second-order valence-electron chi connectivity index (χ2n) is 7.37. The highest BCUT2D eigenvalue weighted by Crippen LogP contribution is 2.37. The smallest absolute Gasteiger partial charge is 0.145 e. The standard InChI is InChI=1S/C23H21ClFIN4O2/c1-3-7-30-8-6-15(12-21(30)26)32-20-11-16(31-2)10-19-22(20)23(28-13-27-19)29-14-4-5-18(25)17(24)9-14/h1,4-5,9-11,13,15,21H,6-8,12H2,2H3,(H,27,28,29). The van der Waals surface area contributed by atoms with Crippen LogP contribution in [0.1, 0.15) is 12.8 Å². The lowest BCUT2D eigenvalue weighted by Gasteiger charge is -2.35. The molecule has 0 saturated carbocycles. The summed E-state index contributed by atoms with van der Waals surface area (Å²) >= 11 is 8.34. The molecule has 2 heterocycles. The molecule has 32 heavy (non-hydrogen) atoms. The highest BCUT2D eigenvalue weighted by molar-refractivity contribution is 14.1. The zero-order chi connectivity index (χ0) is 22.7. The van der Waals surface area contributed by atoms with Crippen LogP contribution in [0, 0.1) is 18.2 Å². The molecule has 6 nitrogen and oxygen atoms in total. The Hall–Kier alpha value is -2.35. The number of anilines is 2. The van der Waals surface area contributed by atoms with Crippen LogP contribution < -0.4 is 14.8 Å². The minimum Gasteiger partial charge on any atom is -0.497 e. The van der Waals surface area contributed by atoms with Crippen LogP contribution in [-0.2, 0) is 0 Å². The fourth-order valence-electron chi connectivity index (χ4n) is 3.66. The fraction of sp³-hybridized carbons (Fsp3) is 0.304. The van der Waals surface area contributed by atoms with Crippen LogP contribution in [0.25, 0.3) is 10.9 Å². The molecule has 1 aliphatic heterocycles. The average Bonchev–Trinajstić information content (AvgIpc) is 2.78. The molecule has 1 fully saturated rings. The van der Waals surface area contributed by atoms with E-state index < -0.39 is 5.82 Å². The van der Waals surface area contributed by atoms with Crippen LogP contribution in [0.4, 0.5) is 15.9 Å². The lowest BCUT2D eigenvalue weighted by Crippen LogP contribution is -2.42. The van der Waals surface area contributed by atoms with Gasteiger partial charge in [-0.1, -0.05) is 40.1 Å². The number of piperidine rings is 1. The highest BCUT2D eigenvalue weighted by Gasteiger charge is 2.28. The van der Waals surface area contributed by atoms with Crippen LogP contribution in [-0.4, -0.2) is 45.2 Å². The maximum absolute atomic E-state index is 13.6. The molecule has 0 aliphatic carbocycles. The molecule has 3 aromatic rings. The van der Waals surface area contributed by atoms with Gasteiger partial charge in [0.1, 0.15) is 35.6 Å². The van der Waals surface area contributed by atoms with Crippen LogP contribution in [0.15, 0.2) is 36.7 Å². The van der Waals surface area contributed by atoms with E-state index in [-0.39, 0.29) is 15.2 Å². The maximum atomic E-state index is 13.6. The van der Waals surface area contributed by atoms with E-state index in [0.29, 0.717) is 40.5 Å². The highest BCUT2D eigenvalue weighted by atomic mass is 127. The Morgan fingerprint density at radius 3 is 2.91 bits per heavy atom. The van der Waals surface area contributed by atoms with Gasteiger partial charge in [0.25, 0.3) is 0 Å². The Labute approximate surface area is 204 Å². The normalized spacial score (nSPS) is 18.8. The Morgan fingerprint density at radius 2 is 2.19 bits per heavy atom. The number of alkyl halides is 1. The SMILES string of the molecule is C#CCN1CCC(Oc2cc(OC)cc3ncnc(Nc4ccc(F)c(Cl)c4)c23)CC1I. The van der Waals surface area contributed by atoms with E-state index in [9.17, 15) is 4.39 Å². The lowest BCUT2D eigenvalue weighted by atomic mass is 10.1. The summed E-state index contributed by atoms with van der Waals surface area (Å²) in [5.41, 5.74) is 1.27. The number of terminal acetylenes is 1. The van der Waals surface area contributed by atoms with E-state index in [0.717, 1.165) is 19.4 Å². The number of methoxy groups -OCH3 is 1. The molecular formula is C23H21ClFIN4O2. The van der Waals surface area contributed by atoms with Crippen molar-refractivity contribution in [2.24, 2.45) is 0 Å². The van der Waals surface area contributed by atoms with Crippen molar-refractivity contribution >= 4 is 56.6 Å². The molecule has 9 heteroatoms. The third-order valence-electron chi connectivity index (χ3n) is 5.27. The Bertz CT molecular complexity index is 1170. The first-order chi connectivity index (χ1) is 15.5. The molecule has 2 aromatic carbocycles. The number of nitrogens with one attached hydrogen (secondary N) is 1. The number of likely N-dealkylation sites (tertiary alicyclic amines) is 1. The Morgan fingerprint density at radius 1 is 1.34 bits per heavy atom. The second kappa shape index (κ2) is 10.1. The Balaban J connectivity index is 1.68. The van der Waals surface area contributed by atoms with Crippen molar-refractivity contribution < 1.29 is 13.9 Å². The molecule has 1 N–H and O–H groups in total. The van der Waals surface area contributed by atoms with E-state index in [1.54, 1.807) is 13.2 Å². The molecule has 2 atom stereocenters. The first-order valence-electron chi connectivity index (χ1n) is 10.0. The zero-order valence-electron chi connectivity index (χ0n) is 17.3. The van der Waals surface area contributed by atoms with Crippen molar-refractivity contribution in [2.75, 3.05) is 25.5 Å². The summed E-state index contributed by atoms with van der Waals surface area (Å²) in [5, 5.41) is 3.95. The van der Waals surface area contributed by atoms with E-state index >= 15 is 0 Å². The average molecular weight is 567 g/mol. The summed E-state index contributed by atoms with van der Waals surface area (Å²) < 4.78 is 25.8. The van der Waals surface area contributed by atoms with Gasteiger partial charge in [-0.2, -0.15) is 0 Å². The molecule has 4 rings (SSSR count). The Kier molecular flexibility index (Phi) is 7.18. The number of ether oxygens (including phenoxy) is 2. The number of benzene rings is 2. The molecule has 1 saturated heterocycles. The third-order valence-corrected chi connectivity index (χ3v) is 6.86. The summed E-state index contributed by atoms with van der Waals surface area (Å²) in [6, 6.07) is 8.07. The van der Waals surface area contributed by atoms with Crippen molar-refractivity contribution in [3.05, 3.63) is 47.5 Å². The van der Waals surface area contributed by atoms with E-state index in [4.69, 9.17) is 27.5 Å². The van der Waals surface area contributed by atoms with Crippen molar-refractivity contribution in [3.63, 3.8) is 0 Å². The molecule has 0 bridgehead atoms. The van der Waals surface area contributed by atoms with Gasteiger partial charge in [0, 0.05) is 30.8 Å². The topological polar surface area (TPSA) is 59.5 Å². The first-order valence-corrected chi connectivity index (χ1v) is 11.6. The summed E-state index contributed by atoms with van der Waals surface area (Å²) in [4.78, 5) is 11.1. The molecular weight excluding hydrogens is 546 g/mol. The number of nitrogens with zero attached hydrogens (tertiary/aromatic N) is 3. The summed E-state index contributed by atoms with van der Waals surface area (Å²) in [7, 11) is 1.60. The number of hydrogen-bond donors (Lipinski definition) is 1. The van der Waals surface area contributed by atoms with Gasteiger partial charge in [0.2, 0.25) is 0 Å². The quantitative estimate of drug-likeness (QED) is 0.186. The molecule has 2 unspecified atom stereocenters. The molecule has 0 amide bonds. The largest absolute Gasteiger partial charge is 0.497 e. The van der Waals surface area contributed by atoms with Crippen molar-refractivity contribution in [1.82, 2.24) is 14.9 Å². The minimum atomic E-state index is -0.483. The van der Waals surface area contributed by atoms with Gasteiger partial charge < -0.3 is 14.8 Å². The fourth-order valence-corrected chi connectivity index (χ4v) is 4.88. The minimum absolute atomic E-state index is 0.00884. The summed E-state index contributed by atoms with van der Waals surface area (Å²) in [6.07, 6.45) is 8.64. The van der Waals surface area contributed by atoms with Crippen molar-refractivity contribution in [2.45, 2.75) is 23.0 Å². The van der Waals surface area contributed by atoms with Gasteiger partial charge in [0.15, 0.2) is 0 Å². The molecule has 0 radical (unpaired) electrons. The third kappa shape index (κ3) is 5.00. The monoisotopic (exact) mass is 566 g/mol. The number of hydrogen-bond acceptors (Lipinski definition) is 6. The van der Waals surface area contributed by atoms with Crippen LogP contribution >= 0.6 is 34.2 Å². The number of fused-ring (bicyclic) bond motifs is 1. The van der Waals surface area contributed by atoms with Gasteiger partial charge >= 0.3 is 0 Å².